The SMILES string of the molecule is C[C@@H](C(=O)NCCSCc1ccccc1)N(c1ccc(Oc2ccccc2)cc1)S(C)(=O)=O. The number of carbonyl (C=O) groups excluding carboxylic acids is 1. The summed E-state index contributed by atoms with van der Waals surface area (Å²) in [5.74, 6) is 2.51. The highest BCUT2D eigenvalue weighted by Crippen LogP contribution is 2.27. The maximum Gasteiger partial charge on any atom is 0.243 e. The minimum Gasteiger partial charge on any atom is -0.457 e. The zero-order chi connectivity index (χ0) is 23.7. The molecule has 8 heteroatoms. The summed E-state index contributed by atoms with van der Waals surface area (Å²) in [4.78, 5) is 12.7. The normalized spacial score (nSPS) is 12.1. The summed E-state index contributed by atoms with van der Waals surface area (Å²) in [5.41, 5.74) is 1.63. The van der Waals surface area contributed by atoms with Crippen LogP contribution < -0.4 is 14.4 Å². The Morgan fingerprint density at radius 2 is 1.52 bits per heavy atom. The Bertz CT molecular complexity index is 1120. The van der Waals surface area contributed by atoms with Gasteiger partial charge in [0.2, 0.25) is 15.9 Å². The number of hydrogen-bond acceptors (Lipinski definition) is 5. The first-order chi connectivity index (χ1) is 15.8. The lowest BCUT2D eigenvalue weighted by molar-refractivity contribution is -0.121. The second-order valence-electron chi connectivity index (χ2n) is 7.47. The number of thioether (sulfide) groups is 1. The molecule has 3 aromatic carbocycles. The number of benzene rings is 3. The number of sulfonamides is 1. The van der Waals surface area contributed by atoms with E-state index in [2.05, 4.69) is 17.4 Å². The van der Waals surface area contributed by atoms with Crippen molar-refractivity contribution in [3.8, 4) is 11.5 Å². The lowest BCUT2D eigenvalue weighted by atomic mass is 10.2. The first-order valence-electron chi connectivity index (χ1n) is 10.6. The number of anilines is 1. The van der Waals surface area contributed by atoms with E-state index in [0.717, 1.165) is 22.1 Å². The van der Waals surface area contributed by atoms with E-state index in [-0.39, 0.29) is 5.91 Å². The van der Waals surface area contributed by atoms with Crippen molar-refractivity contribution < 1.29 is 17.9 Å². The molecule has 0 bridgehead atoms. The Labute approximate surface area is 200 Å². The van der Waals surface area contributed by atoms with Crippen LogP contribution in [0.4, 0.5) is 5.69 Å². The molecule has 0 aromatic heterocycles. The molecule has 1 amide bonds. The largest absolute Gasteiger partial charge is 0.457 e. The third kappa shape index (κ3) is 7.54. The van der Waals surface area contributed by atoms with Crippen LogP contribution >= 0.6 is 11.8 Å². The van der Waals surface area contributed by atoms with Crippen LogP contribution in [0, 0.1) is 0 Å². The fraction of sp³-hybridized carbons (Fsp3) is 0.240. The molecule has 0 aliphatic rings. The van der Waals surface area contributed by atoms with Gasteiger partial charge < -0.3 is 10.1 Å². The van der Waals surface area contributed by atoms with Crippen molar-refractivity contribution in [2.45, 2.75) is 18.7 Å². The monoisotopic (exact) mass is 484 g/mol. The van der Waals surface area contributed by atoms with Gasteiger partial charge in [-0.05, 0) is 48.9 Å². The van der Waals surface area contributed by atoms with Crippen LogP contribution in [0.5, 0.6) is 11.5 Å². The number of ether oxygens (including phenoxy) is 1. The third-order valence-electron chi connectivity index (χ3n) is 4.82. The summed E-state index contributed by atoms with van der Waals surface area (Å²) in [6, 6.07) is 25.2. The van der Waals surface area contributed by atoms with Crippen molar-refractivity contribution in [1.82, 2.24) is 5.32 Å². The molecule has 3 rings (SSSR count). The van der Waals surface area contributed by atoms with Crippen molar-refractivity contribution in [2.75, 3.05) is 22.9 Å². The molecule has 1 atom stereocenters. The van der Waals surface area contributed by atoms with Crippen molar-refractivity contribution >= 4 is 33.4 Å². The Hall–Kier alpha value is -2.97. The van der Waals surface area contributed by atoms with Crippen molar-refractivity contribution in [2.24, 2.45) is 0 Å². The number of nitrogens with zero attached hydrogens (tertiary/aromatic N) is 1. The van der Waals surface area contributed by atoms with E-state index in [0.29, 0.717) is 23.7 Å². The van der Waals surface area contributed by atoms with E-state index in [4.69, 9.17) is 4.74 Å². The maximum atomic E-state index is 12.7. The number of carbonyl (C=O) groups is 1. The molecule has 0 saturated carbocycles. The first-order valence-corrected chi connectivity index (χ1v) is 13.6. The van der Waals surface area contributed by atoms with Crippen molar-refractivity contribution in [3.63, 3.8) is 0 Å². The van der Waals surface area contributed by atoms with Gasteiger partial charge in [-0.1, -0.05) is 48.5 Å². The standard InChI is InChI=1S/C25H28N2O4S2/c1-20(25(28)26-17-18-32-19-21-9-5-3-6-10-21)27(33(2,29)30)22-13-15-24(16-14-22)31-23-11-7-4-8-12-23/h3-16,20H,17-19H2,1-2H3,(H,26,28)/t20-/m0/s1. The maximum absolute atomic E-state index is 12.7. The predicted molar refractivity (Wildman–Crippen MR) is 135 cm³/mol. The topological polar surface area (TPSA) is 75.7 Å². The fourth-order valence-corrected chi connectivity index (χ4v) is 5.25. The lowest BCUT2D eigenvalue weighted by Crippen LogP contribution is -2.48. The minimum atomic E-state index is -3.68. The Morgan fingerprint density at radius 1 is 0.939 bits per heavy atom. The van der Waals surface area contributed by atoms with E-state index >= 15 is 0 Å². The molecule has 174 valence electrons. The van der Waals surface area contributed by atoms with Crippen molar-refractivity contribution in [1.29, 1.82) is 0 Å². The molecule has 1 N–H and O–H groups in total. The second kappa shape index (κ2) is 11.8. The van der Waals surface area contributed by atoms with Gasteiger partial charge in [0.05, 0.1) is 11.9 Å². The number of para-hydroxylation sites is 1. The van der Waals surface area contributed by atoms with E-state index in [1.54, 1.807) is 43.0 Å². The van der Waals surface area contributed by atoms with Gasteiger partial charge in [0, 0.05) is 18.1 Å². The molecule has 33 heavy (non-hydrogen) atoms. The molecule has 0 saturated heterocycles. The van der Waals surface area contributed by atoms with Gasteiger partial charge in [0.25, 0.3) is 0 Å². The average molecular weight is 485 g/mol. The van der Waals surface area contributed by atoms with Crippen LogP contribution in [0.1, 0.15) is 12.5 Å². The average Bonchev–Trinajstić information content (AvgIpc) is 2.80. The Balaban J connectivity index is 1.57. The number of nitrogens with one attached hydrogen (secondary N) is 1. The molecular weight excluding hydrogens is 456 g/mol. The van der Waals surface area contributed by atoms with E-state index in [9.17, 15) is 13.2 Å². The molecule has 0 heterocycles. The van der Waals surface area contributed by atoms with Crippen LogP contribution in [0.25, 0.3) is 0 Å². The predicted octanol–water partition coefficient (Wildman–Crippen LogP) is 4.68. The fourth-order valence-electron chi connectivity index (χ4n) is 3.25. The summed E-state index contributed by atoms with van der Waals surface area (Å²) in [6.45, 7) is 2.05. The van der Waals surface area contributed by atoms with Crippen LogP contribution in [0.15, 0.2) is 84.9 Å². The summed E-state index contributed by atoms with van der Waals surface area (Å²) < 4.78 is 31.9. The van der Waals surface area contributed by atoms with Gasteiger partial charge >= 0.3 is 0 Å². The van der Waals surface area contributed by atoms with Crippen LogP contribution in [0.2, 0.25) is 0 Å². The summed E-state index contributed by atoms with van der Waals surface area (Å²) in [6.07, 6.45) is 1.10. The second-order valence-corrected chi connectivity index (χ2v) is 10.4. The number of rotatable bonds is 11. The highest BCUT2D eigenvalue weighted by molar-refractivity contribution is 7.98. The zero-order valence-electron chi connectivity index (χ0n) is 18.7. The number of amides is 1. The molecule has 6 nitrogen and oxygen atoms in total. The Morgan fingerprint density at radius 3 is 2.12 bits per heavy atom. The van der Waals surface area contributed by atoms with Gasteiger partial charge in [-0.3, -0.25) is 9.10 Å². The number of hydrogen-bond donors (Lipinski definition) is 1. The highest BCUT2D eigenvalue weighted by Gasteiger charge is 2.28. The van der Waals surface area contributed by atoms with Crippen LogP contribution in [-0.4, -0.2) is 38.9 Å². The quantitative estimate of drug-likeness (QED) is 0.400. The molecular formula is C25H28N2O4S2. The summed E-state index contributed by atoms with van der Waals surface area (Å²) >= 11 is 1.71. The van der Waals surface area contributed by atoms with Gasteiger partial charge in [-0.25, -0.2) is 8.42 Å². The molecule has 0 radical (unpaired) electrons. The first kappa shape index (κ1) is 24.7. The molecule has 0 fully saturated rings. The molecule has 0 aliphatic heterocycles. The smallest absolute Gasteiger partial charge is 0.243 e. The summed E-state index contributed by atoms with van der Waals surface area (Å²) in [5, 5.41) is 2.84. The van der Waals surface area contributed by atoms with E-state index in [1.807, 2.05) is 48.5 Å². The lowest BCUT2D eigenvalue weighted by Gasteiger charge is -2.28. The van der Waals surface area contributed by atoms with Crippen LogP contribution in [-0.2, 0) is 20.6 Å². The minimum absolute atomic E-state index is 0.342. The van der Waals surface area contributed by atoms with Gasteiger partial charge in [-0.15, -0.1) is 0 Å². The van der Waals surface area contributed by atoms with Crippen LogP contribution in [0.3, 0.4) is 0 Å². The zero-order valence-corrected chi connectivity index (χ0v) is 20.3. The third-order valence-corrected chi connectivity index (χ3v) is 7.09. The van der Waals surface area contributed by atoms with E-state index < -0.39 is 16.1 Å². The Kier molecular flexibility index (Phi) is 8.79. The van der Waals surface area contributed by atoms with Crippen molar-refractivity contribution in [3.05, 3.63) is 90.5 Å². The van der Waals surface area contributed by atoms with Gasteiger partial charge in [-0.2, -0.15) is 11.8 Å². The molecule has 3 aromatic rings. The molecule has 0 unspecified atom stereocenters. The highest BCUT2D eigenvalue weighted by atomic mass is 32.2. The van der Waals surface area contributed by atoms with E-state index in [1.165, 1.54) is 5.56 Å². The summed E-state index contributed by atoms with van der Waals surface area (Å²) in [7, 11) is -3.68. The molecule has 0 aliphatic carbocycles. The van der Waals surface area contributed by atoms with Gasteiger partial charge in [0.1, 0.15) is 17.5 Å². The van der Waals surface area contributed by atoms with Gasteiger partial charge in [0.15, 0.2) is 0 Å². The molecule has 0 spiro atoms.